The van der Waals surface area contributed by atoms with Crippen molar-refractivity contribution in [2.45, 2.75) is 76.5 Å². The molecule has 14 heteroatoms. The van der Waals surface area contributed by atoms with E-state index in [1.165, 1.54) is 7.11 Å². The minimum atomic E-state index is -1.48. The first-order valence-electron chi connectivity index (χ1n) is 20.5. The van der Waals surface area contributed by atoms with Crippen LogP contribution in [0, 0.1) is 17.8 Å². The maximum Gasteiger partial charge on any atom is 0.410 e. The summed E-state index contributed by atoms with van der Waals surface area (Å²) in [6.07, 6.45) is 8.67. The van der Waals surface area contributed by atoms with Crippen molar-refractivity contribution >= 4 is 18.1 Å². The number of aliphatic hydroxyl groups excluding tert-OH is 3. The van der Waals surface area contributed by atoms with E-state index < -0.39 is 23.8 Å². The summed E-state index contributed by atoms with van der Waals surface area (Å²) < 4.78 is 37.3. The lowest BCUT2D eigenvalue weighted by Gasteiger charge is -2.59. The minimum Gasteiger partial charge on any atom is -0.496 e. The number of carbonyl (C=O) groups is 2. The number of oxime groups is 1. The van der Waals surface area contributed by atoms with Crippen molar-refractivity contribution in [3.8, 4) is 23.0 Å². The maximum atomic E-state index is 14.0. The number of rotatable bonds is 24. The fourth-order valence-electron chi connectivity index (χ4n) is 8.77. The molecule has 6 atom stereocenters. The Balaban J connectivity index is 1.76. The predicted molar refractivity (Wildman–Crippen MR) is 217 cm³/mol. The molecule has 3 N–H and O–H groups in total. The molecule has 58 heavy (non-hydrogen) atoms. The second-order valence-corrected chi connectivity index (χ2v) is 14.5. The van der Waals surface area contributed by atoms with Crippen molar-refractivity contribution in [1.29, 1.82) is 0 Å². The number of unbranched alkanes of at least 4 members (excludes halogenated alkanes) is 2. The molecule has 0 aromatic heterocycles. The van der Waals surface area contributed by atoms with Gasteiger partial charge < -0.3 is 48.6 Å². The summed E-state index contributed by atoms with van der Waals surface area (Å²) in [6, 6.07) is 9.89. The zero-order valence-electron chi connectivity index (χ0n) is 34.0. The quantitative estimate of drug-likeness (QED) is 0.0460. The van der Waals surface area contributed by atoms with Crippen LogP contribution in [-0.2, 0) is 19.0 Å². The number of nitrogens with zero attached hydrogens (tertiary/aromatic N) is 2. The average Bonchev–Trinajstić information content (AvgIpc) is 3.23. The standard InChI is InChI=1S/C44H60N2O12/c1-5-22-55-44-40(46(43(51)54-6-2)18-23-53-24-21-49)28-37(45-56-7-3)35-26-30(12-8-10-19-47)34(13-9-11-20-48)41(42(35)44)36-27-33(15-17-39(36)58-44)57-32-14-16-38(52-4)31(25-32)29-50/h5,14-17,25-27,29-30,34,40-42,47-49H,1,6-13,18-24,28H2,2-4H3. The molecule has 0 radical (unpaired) electrons. The number of fused-ring (bicyclic) bond motifs is 2. The van der Waals surface area contributed by atoms with Gasteiger partial charge in [0.25, 0.3) is 0 Å². The second-order valence-electron chi connectivity index (χ2n) is 14.5. The van der Waals surface area contributed by atoms with Crippen LogP contribution >= 0.6 is 0 Å². The van der Waals surface area contributed by atoms with E-state index in [0.717, 1.165) is 43.1 Å². The van der Waals surface area contributed by atoms with E-state index in [-0.39, 0.29) is 77.0 Å². The first kappa shape index (κ1) is 44.6. The molecule has 2 aromatic carbocycles. The van der Waals surface area contributed by atoms with E-state index in [2.05, 4.69) is 12.7 Å². The molecule has 318 valence electrons. The third kappa shape index (κ3) is 10.0. The predicted octanol–water partition coefficient (Wildman–Crippen LogP) is 6.42. The highest BCUT2D eigenvalue weighted by Gasteiger charge is 2.65. The lowest BCUT2D eigenvalue weighted by Crippen LogP contribution is -2.70. The van der Waals surface area contributed by atoms with Crippen molar-refractivity contribution in [2.75, 3.05) is 66.5 Å². The first-order valence-corrected chi connectivity index (χ1v) is 20.5. The molecule has 14 nitrogen and oxygen atoms in total. The van der Waals surface area contributed by atoms with Crippen LogP contribution in [0.25, 0.3) is 0 Å². The lowest BCUT2D eigenvalue weighted by atomic mass is 9.55. The Morgan fingerprint density at radius 2 is 1.76 bits per heavy atom. The number of ether oxygens (including phenoxy) is 6. The van der Waals surface area contributed by atoms with Crippen molar-refractivity contribution < 1.29 is 58.2 Å². The van der Waals surface area contributed by atoms with Gasteiger partial charge in [0.2, 0.25) is 5.79 Å². The number of aldehydes is 1. The summed E-state index contributed by atoms with van der Waals surface area (Å²) in [7, 11) is 1.50. The molecule has 3 aliphatic rings. The average molecular weight is 809 g/mol. The zero-order chi connectivity index (χ0) is 41.5. The normalized spacial score (nSPS) is 23.8. The second kappa shape index (κ2) is 22.1. The van der Waals surface area contributed by atoms with E-state index >= 15 is 0 Å². The van der Waals surface area contributed by atoms with Gasteiger partial charge in [-0.2, -0.15) is 0 Å². The summed E-state index contributed by atoms with van der Waals surface area (Å²) in [6.45, 7) is 8.44. The molecule has 1 amide bonds. The number of benzene rings is 2. The van der Waals surface area contributed by atoms with Crippen LogP contribution in [0.5, 0.6) is 23.0 Å². The summed E-state index contributed by atoms with van der Waals surface area (Å²) in [4.78, 5) is 33.3. The Morgan fingerprint density at radius 3 is 2.45 bits per heavy atom. The Bertz CT molecular complexity index is 1730. The highest BCUT2D eigenvalue weighted by molar-refractivity contribution is 6.03. The van der Waals surface area contributed by atoms with Gasteiger partial charge in [-0.1, -0.05) is 30.1 Å². The molecule has 2 aliphatic carbocycles. The van der Waals surface area contributed by atoms with Crippen molar-refractivity contribution in [3.63, 3.8) is 0 Å². The fourth-order valence-corrected chi connectivity index (χ4v) is 8.77. The zero-order valence-corrected chi connectivity index (χ0v) is 34.0. The molecule has 2 aromatic rings. The Kier molecular flexibility index (Phi) is 17.0. The monoisotopic (exact) mass is 808 g/mol. The molecule has 6 unspecified atom stereocenters. The number of aliphatic hydroxyl groups is 3. The van der Waals surface area contributed by atoms with Gasteiger partial charge in [0.05, 0.1) is 57.3 Å². The van der Waals surface area contributed by atoms with Crippen molar-refractivity contribution in [2.24, 2.45) is 22.9 Å². The lowest BCUT2D eigenvalue weighted by molar-refractivity contribution is -0.256. The number of allylic oxidation sites excluding steroid dienone is 1. The fraction of sp³-hybridized carbons (Fsp3) is 0.568. The van der Waals surface area contributed by atoms with Gasteiger partial charge in [0.1, 0.15) is 35.6 Å². The summed E-state index contributed by atoms with van der Waals surface area (Å²) >= 11 is 0. The number of methoxy groups -OCH3 is 1. The van der Waals surface area contributed by atoms with Gasteiger partial charge in [0.15, 0.2) is 6.29 Å². The topological polar surface area (TPSA) is 175 Å². The Labute approximate surface area is 341 Å². The molecule has 1 heterocycles. The molecule has 1 fully saturated rings. The third-order valence-corrected chi connectivity index (χ3v) is 11.1. The van der Waals surface area contributed by atoms with E-state index in [1.807, 2.05) is 19.1 Å². The number of hydrogen-bond donors (Lipinski definition) is 3. The highest BCUT2D eigenvalue weighted by atomic mass is 16.7. The highest BCUT2D eigenvalue weighted by Crippen LogP contribution is 2.62. The minimum absolute atomic E-state index is 0.00211. The van der Waals surface area contributed by atoms with E-state index in [0.29, 0.717) is 53.7 Å². The number of carbonyl (C=O) groups excluding carboxylic acids is 2. The Hall–Kier alpha value is -4.47. The Morgan fingerprint density at radius 1 is 1.00 bits per heavy atom. The number of amides is 1. The summed E-state index contributed by atoms with van der Waals surface area (Å²) in [5, 5.41) is 33.9. The van der Waals surface area contributed by atoms with Crippen LogP contribution in [0.1, 0.15) is 80.6 Å². The summed E-state index contributed by atoms with van der Waals surface area (Å²) in [5.41, 5.74) is 2.78. The van der Waals surface area contributed by atoms with Crippen LogP contribution < -0.4 is 14.2 Å². The third-order valence-electron chi connectivity index (χ3n) is 11.1. The largest absolute Gasteiger partial charge is 0.496 e. The van der Waals surface area contributed by atoms with Crippen molar-refractivity contribution in [3.05, 3.63) is 71.8 Å². The molecule has 1 saturated carbocycles. The molecule has 5 rings (SSSR count). The van der Waals surface area contributed by atoms with Gasteiger partial charge >= 0.3 is 6.09 Å². The molecule has 0 spiro atoms. The smallest absolute Gasteiger partial charge is 0.410 e. The van der Waals surface area contributed by atoms with E-state index in [1.54, 1.807) is 42.2 Å². The van der Waals surface area contributed by atoms with Crippen molar-refractivity contribution in [1.82, 2.24) is 4.90 Å². The number of hydrogen-bond acceptors (Lipinski definition) is 13. The van der Waals surface area contributed by atoms with E-state index in [4.69, 9.17) is 38.4 Å². The maximum absolute atomic E-state index is 14.0. The van der Waals surface area contributed by atoms with Crippen LogP contribution in [0.15, 0.2) is 65.9 Å². The van der Waals surface area contributed by atoms with Crippen LogP contribution in [-0.4, -0.2) is 117 Å². The van der Waals surface area contributed by atoms with Gasteiger partial charge in [-0.15, -0.1) is 6.58 Å². The molecule has 0 bridgehead atoms. The molecule has 1 aliphatic heterocycles. The first-order chi connectivity index (χ1) is 28.3. The molecule has 0 saturated heterocycles. The molecular weight excluding hydrogens is 748 g/mol. The summed E-state index contributed by atoms with van der Waals surface area (Å²) in [5.74, 6) is -0.273. The van der Waals surface area contributed by atoms with E-state index in [9.17, 15) is 24.9 Å². The SMILES string of the molecule is C=CCOC12Oc3ccc(Oc4ccc(OC)c(C=O)c4)cc3C3C(CCCCO)C(CCCCO)C=C(C(=NOCC)CC1N(CCOCCO)C(=O)OCC)C32. The van der Waals surface area contributed by atoms with Gasteiger partial charge in [-0.25, -0.2) is 4.79 Å². The van der Waals surface area contributed by atoms with Gasteiger partial charge in [0, 0.05) is 37.7 Å². The van der Waals surface area contributed by atoms with Gasteiger partial charge in [-0.05, 0) is 93.3 Å². The van der Waals surface area contributed by atoms with Crippen LogP contribution in [0.3, 0.4) is 0 Å². The van der Waals surface area contributed by atoms with Crippen LogP contribution in [0.2, 0.25) is 0 Å². The molecular formula is C44H60N2O12. The van der Waals surface area contributed by atoms with Gasteiger partial charge in [-0.3, -0.25) is 9.69 Å². The van der Waals surface area contributed by atoms with Crippen LogP contribution in [0.4, 0.5) is 4.79 Å².